The van der Waals surface area contributed by atoms with Crippen molar-refractivity contribution in [2.75, 3.05) is 39.6 Å². The van der Waals surface area contributed by atoms with E-state index in [9.17, 15) is 19.2 Å². The lowest BCUT2D eigenvalue weighted by atomic mass is 10.1. The van der Waals surface area contributed by atoms with Crippen molar-refractivity contribution in [1.29, 1.82) is 0 Å². The van der Waals surface area contributed by atoms with E-state index >= 15 is 0 Å². The highest BCUT2D eigenvalue weighted by atomic mass is 16.6. The Morgan fingerprint density at radius 2 is 1.04 bits per heavy atom. The highest BCUT2D eigenvalue weighted by Gasteiger charge is 2.16. The Labute approximate surface area is 148 Å². The number of hydrogen-bond donors (Lipinski definition) is 2. The number of esters is 4. The lowest BCUT2D eigenvalue weighted by molar-refractivity contribution is -0.144. The maximum absolute atomic E-state index is 11.7. The van der Waals surface area contributed by atoms with Crippen molar-refractivity contribution < 1.29 is 48.3 Å². The van der Waals surface area contributed by atoms with Crippen LogP contribution in [-0.4, -0.2) is 73.7 Å². The van der Waals surface area contributed by atoms with Gasteiger partial charge in [-0.2, -0.15) is 0 Å². The summed E-state index contributed by atoms with van der Waals surface area (Å²) in [6.45, 7) is -1.65. The Kier molecular flexibility index (Phi) is 9.72. The van der Waals surface area contributed by atoms with Crippen LogP contribution in [0.15, 0.2) is 24.3 Å². The molecule has 0 saturated heterocycles. The summed E-state index contributed by atoms with van der Waals surface area (Å²) in [5, 5.41) is 17.0. The van der Waals surface area contributed by atoms with Crippen LogP contribution in [0.25, 0.3) is 0 Å². The molecule has 0 unspecified atom stereocenters. The second-order valence-electron chi connectivity index (χ2n) is 4.65. The second kappa shape index (κ2) is 11.8. The third-order valence-electron chi connectivity index (χ3n) is 2.68. The van der Waals surface area contributed by atoms with Gasteiger partial charge in [-0.3, -0.25) is 0 Å². The molecule has 26 heavy (non-hydrogen) atoms. The van der Waals surface area contributed by atoms with Crippen molar-refractivity contribution >= 4 is 23.9 Å². The summed E-state index contributed by atoms with van der Waals surface area (Å²) in [4.78, 5) is 46.1. The van der Waals surface area contributed by atoms with Crippen LogP contribution in [-0.2, 0) is 28.5 Å². The molecule has 0 atom stereocenters. The van der Waals surface area contributed by atoms with E-state index in [-0.39, 0.29) is 37.6 Å². The number of aliphatic hydroxyl groups is 2. The summed E-state index contributed by atoms with van der Waals surface area (Å²) in [5.74, 6) is -3.76. The number of rotatable bonds is 10. The first-order chi connectivity index (χ1) is 12.5. The number of aliphatic hydroxyl groups excluding tert-OH is 2. The maximum Gasteiger partial charge on any atom is 0.345 e. The number of benzene rings is 1. The number of carbonyl (C=O) groups is 4. The van der Waals surface area contributed by atoms with Gasteiger partial charge >= 0.3 is 23.9 Å². The van der Waals surface area contributed by atoms with Crippen molar-refractivity contribution in [3.05, 3.63) is 35.4 Å². The molecule has 2 N–H and O–H groups in total. The Balaban J connectivity index is 2.51. The third-order valence-corrected chi connectivity index (χ3v) is 2.68. The molecule has 10 heteroatoms. The minimum atomic E-state index is -0.948. The average molecular weight is 370 g/mol. The van der Waals surface area contributed by atoms with Gasteiger partial charge in [0.25, 0.3) is 0 Å². The van der Waals surface area contributed by atoms with Gasteiger partial charge in [-0.25, -0.2) is 19.2 Å². The summed E-state index contributed by atoms with van der Waals surface area (Å²) >= 11 is 0. The van der Waals surface area contributed by atoms with Crippen LogP contribution >= 0.6 is 0 Å². The zero-order valence-electron chi connectivity index (χ0n) is 13.7. The third kappa shape index (κ3) is 7.94. The van der Waals surface area contributed by atoms with Gasteiger partial charge in [-0.15, -0.1) is 0 Å². The van der Waals surface area contributed by atoms with Crippen LogP contribution < -0.4 is 0 Å². The zero-order chi connectivity index (χ0) is 19.4. The largest absolute Gasteiger partial charge is 0.394 e. The summed E-state index contributed by atoms with van der Waals surface area (Å²) in [6.07, 6.45) is 0. The molecule has 142 valence electrons. The standard InChI is InChI=1S/C16H18O10/c17-5-7-23-9-13(19)25-15(21)11-1-2-12(4-3-11)16(22)26-14(20)10-24-8-6-18/h1-4,17-18H,5-10H2. The summed E-state index contributed by atoms with van der Waals surface area (Å²) < 4.78 is 18.4. The fraction of sp³-hybridized carbons (Fsp3) is 0.375. The molecular weight excluding hydrogens is 352 g/mol. The normalized spacial score (nSPS) is 10.2. The highest BCUT2D eigenvalue weighted by molar-refractivity contribution is 6.00. The molecule has 0 saturated carbocycles. The van der Waals surface area contributed by atoms with Crippen LogP contribution in [0.3, 0.4) is 0 Å². The van der Waals surface area contributed by atoms with Gasteiger partial charge in [0, 0.05) is 0 Å². The molecule has 0 radical (unpaired) electrons. The SMILES string of the molecule is O=C(COCCO)OC(=O)c1ccc(C(=O)OC(=O)COCCO)cc1. The lowest BCUT2D eigenvalue weighted by Gasteiger charge is -2.05. The quantitative estimate of drug-likeness (QED) is 0.301. The fourth-order valence-corrected chi connectivity index (χ4v) is 1.57. The molecule has 0 spiro atoms. The minimum Gasteiger partial charge on any atom is -0.394 e. The molecule has 0 aliphatic carbocycles. The summed E-state index contributed by atoms with van der Waals surface area (Å²) in [5.41, 5.74) is -0.00988. The Morgan fingerprint density at radius 3 is 1.35 bits per heavy atom. The predicted molar refractivity (Wildman–Crippen MR) is 83.1 cm³/mol. The van der Waals surface area contributed by atoms with Gasteiger partial charge in [-0.05, 0) is 24.3 Å². The number of ether oxygens (including phenoxy) is 4. The molecule has 0 aromatic heterocycles. The van der Waals surface area contributed by atoms with Gasteiger partial charge in [0.05, 0.1) is 37.6 Å². The zero-order valence-corrected chi connectivity index (χ0v) is 13.7. The smallest absolute Gasteiger partial charge is 0.345 e. The van der Waals surface area contributed by atoms with Crippen molar-refractivity contribution in [1.82, 2.24) is 0 Å². The van der Waals surface area contributed by atoms with E-state index in [4.69, 9.17) is 19.7 Å². The number of hydrogen-bond acceptors (Lipinski definition) is 10. The molecule has 0 amide bonds. The topological polar surface area (TPSA) is 146 Å². The van der Waals surface area contributed by atoms with Crippen LogP contribution in [0.1, 0.15) is 20.7 Å². The van der Waals surface area contributed by atoms with Crippen molar-refractivity contribution in [3.8, 4) is 0 Å². The molecule has 0 fully saturated rings. The van der Waals surface area contributed by atoms with E-state index in [1.807, 2.05) is 0 Å². The average Bonchev–Trinajstić information content (AvgIpc) is 2.62. The van der Waals surface area contributed by atoms with E-state index in [0.717, 1.165) is 0 Å². The summed E-state index contributed by atoms with van der Waals surface area (Å²) in [6, 6.07) is 4.86. The van der Waals surface area contributed by atoms with Gasteiger partial charge in [0.2, 0.25) is 0 Å². The summed E-state index contributed by atoms with van der Waals surface area (Å²) in [7, 11) is 0. The molecule has 0 aliphatic heterocycles. The second-order valence-corrected chi connectivity index (χ2v) is 4.65. The molecule has 0 heterocycles. The molecule has 0 bridgehead atoms. The van der Waals surface area contributed by atoms with Crippen molar-refractivity contribution in [2.45, 2.75) is 0 Å². The lowest BCUT2D eigenvalue weighted by Crippen LogP contribution is -2.19. The maximum atomic E-state index is 11.7. The predicted octanol–water partition coefficient (Wildman–Crippen LogP) is -0.929. The monoisotopic (exact) mass is 370 g/mol. The molecule has 1 aromatic rings. The molecule has 0 aliphatic rings. The van der Waals surface area contributed by atoms with Crippen LogP contribution in [0, 0.1) is 0 Å². The van der Waals surface area contributed by atoms with E-state index in [2.05, 4.69) is 9.47 Å². The van der Waals surface area contributed by atoms with Gasteiger partial charge in [-0.1, -0.05) is 0 Å². The molecule has 1 rings (SSSR count). The Hall–Kier alpha value is -2.66. The first kappa shape index (κ1) is 21.4. The Bertz CT molecular complexity index is 567. The van der Waals surface area contributed by atoms with Crippen LogP contribution in [0.2, 0.25) is 0 Å². The van der Waals surface area contributed by atoms with Gasteiger partial charge in [0.1, 0.15) is 13.2 Å². The fourth-order valence-electron chi connectivity index (χ4n) is 1.57. The van der Waals surface area contributed by atoms with Gasteiger partial charge in [0.15, 0.2) is 0 Å². The van der Waals surface area contributed by atoms with Crippen molar-refractivity contribution in [3.63, 3.8) is 0 Å². The highest BCUT2D eigenvalue weighted by Crippen LogP contribution is 2.08. The Morgan fingerprint density at radius 1 is 0.692 bits per heavy atom. The molecule has 10 nitrogen and oxygen atoms in total. The van der Waals surface area contributed by atoms with Crippen LogP contribution in [0.4, 0.5) is 0 Å². The van der Waals surface area contributed by atoms with E-state index in [1.165, 1.54) is 24.3 Å². The van der Waals surface area contributed by atoms with Gasteiger partial charge < -0.3 is 29.2 Å². The first-order valence-corrected chi connectivity index (χ1v) is 7.45. The molecular formula is C16H18O10. The van der Waals surface area contributed by atoms with E-state index in [0.29, 0.717) is 0 Å². The van der Waals surface area contributed by atoms with Crippen LogP contribution in [0.5, 0.6) is 0 Å². The van der Waals surface area contributed by atoms with E-state index in [1.54, 1.807) is 0 Å². The van der Waals surface area contributed by atoms with Crippen molar-refractivity contribution in [2.24, 2.45) is 0 Å². The molecule has 1 aromatic carbocycles. The number of carbonyl (C=O) groups excluding carboxylic acids is 4. The minimum absolute atomic E-state index is 0.00494. The van der Waals surface area contributed by atoms with E-state index < -0.39 is 37.1 Å². The first-order valence-electron chi connectivity index (χ1n) is 7.45.